The number of ether oxygens (including phenoxy) is 2. The molecule has 0 radical (unpaired) electrons. The standard InChI is InChI=1S/C25H34BrN3O7S/c1-6-18(27-23(33)35-24(2,3)4)21(31)29-14-16(36-37-17-9-7-15(26)8-10-17)13-19(29)20(30)28-25(11-12-25)22(32)34-5/h7-10,16,18-19H,6,11-14H2,1-5H3,(H,27,33)(H,28,30)/t16-,18-,19?/m0/s1. The lowest BCUT2D eigenvalue weighted by atomic mass is 10.1. The van der Waals surface area contributed by atoms with E-state index in [0.717, 1.165) is 21.4 Å². The SMILES string of the molecule is CC[C@H](NC(=O)OC(C)(C)C)C(=O)N1C[C@@H](OSc2ccc(Br)cc2)CC1C(=O)NC1(C(=O)OC)CC1. The Kier molecular flexibility index (Phi) is 9.52. The first-order valence-electron chi connectivity index (χ1n) is 12.2. The first-order valence-corrected chi connectivity index (χ1v) is 13.7. The predicted molar refractivity (Wildman–Crippen MR) is 141 cm³/mol. The fraction of sp³-hybridized carbons (Fsp3) is 0.600. The van der Waals surface area contributed by atoms with Gasteiger partial charge in [-0.2, -0.15) is 0 Å². The minimum absolute atomic E-state index is 0.151. The van der Waals surface area contributed by atoms with E-state index in [1.807, 2.05) is 24.3 Å². The van der Waals surface area contributed by atoms with Crippen molar-refractivity contribution in [1.29, 1.82) is 0 Å². The maximum atomic E-state index is 13.5. The molecule has 0 aromatic heterocycles. The molecule has 3 atom stereocenters. The van der Waals surface area contributed by atoms with E-state index in [4.69, 9.17) is 13.7 Å². The normalized spacial score (nSPS) is 21.1. The average Bonchev–Trinajstić information content (AvgIpc) is 3.49. The van der Waals surface area contributed by atoms with Gasteiger partial charge in [0, 0.05) is 34.4 Å². The molecule has 1 aliphatic heterocycles. The molecule has 1 saturated carbocycles. The van der Waals surface area contributed by atoms with Crippen LogP contribution in [-0.4, -0.2) is 71.8 Å². The zero-order valence-electron chi connectivity index (χ0n) is 21.7. The lowest BCUT2D eigenvalue weighted by Crippen LogP contribution is -2.56. The number of rotatable bonds is 9. The number of methoxy groups -OCH3 is 1. The van der Waals surface area contributed by atoms with E-state index in [1.165, 1.54) is 12.0 Å². The summed E-state index contributed by atoms with van der Waals surface area (Å²) in [6, 6.07) is 5.80. The summed E-state index contributed by atoms with van der Waals surface area (Å²) in [6.45, 7) is 7.11. The van der Waals surface area contributed by atoms with E-state index in [0.29, 0.717) is 19.3 Å². The summed E-state index contributed by atoms with van der Waals surface area (Å²) in [4.78, 5) is 53.7. The molecule has 2 N–H and O–H groups in total. The van der Waals surface area contributed by atoms with Crippen LogP contribution < -0.4 is 10.6 Å². The quantitative estimate of drug-likeness (QED) is 0.326. The molecule has 0 spiro atoms. The van der Waals surface area contributed by atoms with Gasteiger partial charge >= 0.3 is 12.1 Å². The van der Waals surface area contributed by atoms with Crippen LogP contribution in [0.4, 0.5) is 4.79 Å². The molecule has 2 fully saturated rings. The van der Waals surface area contributed by atoms with Crippen molar-refractivity contribution < 1.29 is 32.8 Å². The summed E-state index contributed by atoms with van der Waals surface area (Å²) in [7, 11) is 1.28. The van der Waals surface area contributed by atoms with Crippen molar-refractivity contribution in [3.8, 4) is 0 Å². The molecule has 1 heterocycles. The number of benzene rings is 1. The number of alkyl carbamates (subject to hydrolysis) is 1. The van der Waals surface area contributed by atoms with Crippen LogP contribution in [0.15, 0.2) is 33.6 Å². The van der Waals surface area contributed by atoms with Crippen LogP contribution in [0.25, 0.3) is 0 Å². The highest BCUT2D eigenvalue weighted by Gasteiger charge is 2.54. The largest absolute Gasteiger partial charge is 0.467 e. The maximum absolute atomic E-state index is 13.5. The van der Waals surface area contributed by atoms with Crippen molar-refractivity contribution in [2.75, 3.05) is 13.7 Å². The van der Waals surface area contributed by atoms with Crippen molar-refractivity contribution >= 4 is 51.8 Å². The third kappa shape index (κ3) is 7.84. The van der Waals surface area contributed by atoms with Crippen LogP contribution in [0.1, 0.15) is 53.4 Å². The highest BCUT2D eigenvalue weighted by atomic mass is 79.9. The summed E-state index contributed by atoms with van der Waals surface area (Å²) < 4.78 is 17.1. The second kappa shape index (κ2) is 12.0. The van der Waals surface area contributed by atoms with Gasteiger partial charge in [-0.25, -0.2) is 9.59 Å². The lowest BCUT2D eigenvalue weighted by molar-refractivity contribution is -0.147. The molecule has 3 amide bonds. The molecule has 1 aromatic rings. The molecule has 12 heteroatoms. The van der Waals surface area contributed by atoms with Crippen LogP contribution >= 0.6 is 28.0 Å². The smallest absolute Gasteiger partial charge is 0.408 e. The van der Waals surface area contributed by atoms with Crippen molar-refractivity contribution in [2.24, 2.45) is 0 Å². The molecule has 1 unspecified atom stereocenters. The Labute approximate surface area is 229 Å². The summed E-state index contributed by atoms with van der Waals surface area (Å²) in [5, 5.41) is 5.40. The maximum Gasteiger partial charge on any atom is 0.408 e. The van der Waals surface area contributed by atoms with Crippen LogP contribution in [0, 0.1) is 0 Å². The molecule has 2 aliphatic rings. The molecule has 204 valence electrons. The van der Waals surface area contributed by atoms with Gasteiger partial charge in [0.05, 0.1) is 13.2 Å². The third-order valence-electron chi connectivity index (χ3n) is 6.03. The number of halogens is 1. The number of esters is 1. The Morgan fingerprint density at radius 3 is 2.38 bits per heavy atom. The third-order valence-corrected chi connectivity index (χ3v) is 7.39. The van der Waals surface area contributed by atoms with Gasteiger partial charge in [-0.05, 0) is 64.3 Å². The summed E-state index contributed by atoms with van der Waals surface area (Å²) in [5.74, 6) is -1.38. The van der Waals surface area contributed by atoms with Gasteiger partial charge < -0.3 is 29.2 Å². The number of hydrogen-bond donors (Lipinski definition) is 2. The highest BCUT2D eigenvalue weighted by molar-refractivity contribution is 9.10. The van der Waals surface area contributed by atoms with Gasteiger partial charge in [-0.1, -0.05) is 22.9 Å². The Hall–Kier alpha value is -2.31. The van der Waals surface area contributed by atoms with Gasteiger partial charge in [-0.3, -0.25) is 9.59 Å². The molecule has 37 heavy (non-hydrogen) atoms. The van der Waals surface area contributed by atoms with Crippen molar-refractivity contribution in [2.45, 2.75) is 87.6 Å². The fourth-order valence-corrected chi connectivity index (χ4v) is 4.88. The number of nitrogens with zero attached hydrogens (tertiary/aromatic N) is 1. The second-order valence-electron chi connectivity index (χ2n) is 10.2. The van der Waals surface area contributed by atoms with Crippen LogP contribution in [-0.2, 0) is 28.0 Å². The molecular formula is C25H34BrN3O7S. The monoisotopic (exact) mass is 599 g/mol. The Bertz CT molecular complexity index is 1010. The van der Waals surface area contributed by atoms with Crippen LogP contribution in [0.2, 0.25) is 0 Å². The van der Waals surface area contributed by atoms with E-state index >= 15 is 0 Å². The zero-order chi connectivity index (χ0) is 27.4. The van der Waals surface area contributed by atoms with E-state index in [1.54, 1.807) is 27.7 Å². The number of carbonyl (C=O) groups is 4. The number of nitrogens with one attached hydrogen (secondary N) is 2. The van der Waals surface area contributed by atoms with Gasteiger partial charge in [0.15, 0.2) is 0 Å². The molecule has 1 aromatic carbocycles. The molecule has 1 aliphatic carbocycles. The summed E-state index contributed by atoms with van der Waals surface area (Å²) in [6.07, 6.45) is 0.330. The Morgan fingerprint density at radius 1 is 1.19 bits per heavy atom. The van der Waals surface area contributed by atoms with Gasteiger partial charge in [-0.15, -0.1) is 0 Å². The summed E-state index contributed by atoms with van der Waals surface area (Å²) >= 11 is 4.56. The van der Waals surface area contributed by atoms with Crippen molar-refractivity contribution in [3.05, 3.63) is 28.7 Å². The van der Waals surface area contributed by atoms with Crippen LogP contribution in [0.5, 0.6) is 0 Å². The molecular weight excluding hydrogens is 566 g/mol. The van der Waals surface area contributed by atoms with Gasteiger partial charge in [0.2, 0.25) is 11.8 Å². The molecule has 3 rings (SSSR count). The first-order chi connectivity index (χ1) is 17.4. The Morgan fingerprint density at radius 2 is 1.84 bits per heavy atom. The Balaban J connectivity index is 1.74. The molecule has 0 bridgehead atoms. The average molecular weight is 601 g/mol. The number of likely N-dealkylation sites (tertiary alicyclic amines) is 1. The topological polar surface area (TPSA) is 123 Å². The van der Waals surface area contributed by atoms with Crippen molar-refractivity contribution in [3.63, 3.8) is 0 Å². The minimum Gasteiger partial charge on any atom is -0.467 e. The van der Waals surface area contributed by atoms with E-state index in [-0.39, 0.29) is 13.0 Å². The fourth-order valence-electron chi connectivity index (χ4n) is 3.98. The second-order valence-corrected chi connectivity index (χ2v) is 11.9. The van der Waals surface area contributed by atoms with Crippen molar-refractivity contribution in [1.82, 2.24) is 15.5 Å². The number of amides is 3. The molecule has 10 nitrogen and oxygen atoms in total. The van der Waals surface area contributed by atoms with Gasteiger partial charge in [0.1, 0.15) is 23.2 Å². The van der Waals surface area contributed by atoms with Crippen LogP contribution in [0.3, 0.4) is 0 Å². The lowest BCUT2D eigenvalue weighted by Gasteiger charge is -2.29. The van der Waals surface area contributed by atoms with E-state index in [9.17, 15) is 19.2 Å². The van der Waals surface area contributed by atoms with E-state index in [2.05, 4.69) is 26.6 Å². The highest BCUT2D eigenvalue weighted by Crippen LogP contribution is 2.37. The van der Waals surface area contributed by atoms with E-state index < -0.39 is 53.2 Å². The minimum atomic E-state index is -1.05. The number of hydrogen-bond acceptors (Lipinski definition) is 8. The molecule has 1 saturated heterocycles. The number of carbonyl (C=O) groups excluding carboxylic acids is 4. The van der Waals surface area contributed by atoms with Gasteiger partial charge in [0.25, 0.3) is 0 Å². The summed E-state index contributed by atoms with van der Waals surface area (Å²) in [5.41, 5.74) is -1.78. The predicted octanol–water partition coefficient (Wildman–Crippen LogP) is 3.57. The zero-order valence-corrected chi connectivity index (χ0v) is 24.1. The first kappa shape index (κ1) is 29.2.